The second-order valence-electron chi connectivity index (χ2n) is 5.97. The lowest BCUT2D eigenvalue weighted by Crippen LogP contribution is -2.43. The van der Waals surface area contributed by atoms with E-state index in [4.69, 9.17) is 4.74 Å². The molecule has 1 aromatic heterocycles. The summed E-state index contributed by atoms with van der Waals surface area (Å²) < 4.78 is 7.33. The molecule has 1 aromatic carbocycles. The van der Waals surface area contributed by atoms with E-state index in [0.29, 0.717) is 0 Å². The molecule has 4 heteroatoms. The normalized spacial score (nSPS) is 11.6. The van der Waals surface area contributed by atoms with Crippen LogP contribution in [-0.2, 0) is 13.5 Å². The summed E-state index contributed by atoms with van der Waals surface area (Å²) in [6.07, 6.45) is 2.92. The summed E-state index contributed by atoms with van der Waals surface area (Å²) in [5.74, 6) is 0.865. The maximum absolute atomic E-state index is 5.20. The molecule has 1 heterocycles. The lowest BCUT2D eigenvalue weighted by atomic mass is 9.91. The molecule has 0 spiro atoms. The second-order valence-corrected chi connectivity index (χ2v) is 5.97. The van der Waals surface area contributed by atoms with E-state index in [2.05, 4.69) is 30.6 Å². The minimum atomic E-state index is 0.233. The SMILES string of the molecule is COc1ccc(-[n+]2c(CC(C)(C)C)cnn2C)cc1. The predicted octanol–water partition coefficient (Wildman–Crippen LogP) is 2.29. The fraction of sp³-hybridized carbons (Fsp3) is 0.467. The molecular weight excluding hydrogens is 238 g/mol. The van der Waals surface area contributed by atoms with E-state index in [1.807, 2.05) is 42.3 Å². The van der Waals surface area contributed by atoms with E-state index in [0.717, 1.165) is 17.9 Å². The zero-order chi connectivity index (χ0) is 14.0. The highest BCUT2D eigenvalue weighted by atomic mass is 16.5. The second kappa shape index (κ2) is 5.03. The van der Waals surface area contributed by atoms with Crippen molar-refractivity contribution in [1.29, 1.82) is 0 Å². The first-order chi connectivity index (χ1) is 8.90. The van der Waals surface area contributed by atoms with Gasteiger partial charge in [0.25, 0.3) is 0 Å². The molecule has 0 amide bonds. The first kappa shape index (κ1) is 13.6. The third-order valence-corrected chi connectivity index (χ3v) is 2.96. The molecule has 0 atom stereocenters. The maximum atomic E-state index is 5.20. The third kappa shape index (κ3) is 3.13. The van der Waals surface area contributed by atoms with E-state index in [1.54, 1.807) is 7.11 Å². The number of rotatable bonds is 3. The Balaban J connectivity index is 2.40. The highest BCUT2D eigenvalue weighted by molar-refractivity contribution is 5.31. The highest BCUT2D eigenvalue weighted by Gasteiger charge is 2.23. The van der Waals surface area contributed by atoms with Gasteiger partial charge in [-0.05, 0) is 34.5 Å². The highest BCUT2D eigenvalue weighted by Crippen LogP contribution is 2.19. The molecular formula is C15H22N3O+. The van der Waals surface area contributed by atoms with Gasteiger partial charge >= 0.3 is 0 Å². The summed E-state index contributed by atoms with van der Waals surface area (Å²) in [5.41, 5.74) is 2.54. The number of ether oxygens (including phenoxy) is 1. The Morgan fingerprint density at radius 3 is 2.37 bits per heavy atom. The van der Waals surface area contributed by atoms with Crippen molar-refractivity contribution < 1.29 is 9.42 Å². The summed E-state index contributed by atoms with van der Waals surface area (Å²) in [5, 5.41) is 4.37. The summed E-state index contributed by atoms with van der Waals surface area (Å²) in [6.45, 7) is 6.70. The molecule has 102 valence electrons. The van der Waals surface area contributed by atoms with Crippen LogP contribution in [0.25, 0.3) is 5.69 Å². The van der Waals surface area contributed by atoms with Crippen molar-refractivity contribution >= 4 is 0 Å². The predicted molar refractivity (Wildman–Crippen MR) is 74.5 cm³/mol. The molecule has 0 saturated heterocycles. The summed E-state index contributed by atoms with van der Waals surface area (Å²) in [6, 6.07) is 8.03. The van der Waals surface area contributed by atoms with Crippen LogP contribution in [0, 0.1) is 5.41 Å². The molecule has 0 aliphatic carbocycles. The van der Waals surface area contributed by atoms with Crippen LogP contribution in [-0.4, -0.2) is 17.0 Å². The lowest BCUT2D eigenvalue weighted by molar-refractivity contribution is -0.695. The molecule has 0 radical (unpaired) electrons. The molecule has 0 saturated carbocycles. The van der Waals surface area contributed by atoms with E-state index in [1.165, 1.54) is 5.69 Å². The van der Waals surface area contributed by atoms with Gasteiger partial charge in [-0.15, -0.1) is 4.68 Å². The van der Waals surface area contributed by atoms with E-state index >= 15 is 0 Å². The minimum Gasteiger partial charge on any atom is -0.497 e. The number of nitrogens with zero attached hydrogens (tertiary/aromatic N) is 3. The number of methoxy groups -OCH3 is 1. The fourth-order valence-corrected chi connectivity index (χ4v) is 2.16. The van der Waals surface area contributed by atoms with Gasteiger partial charge in [0.1, 0.15) is 5.75 Å². The monoisotopic (exact) mass is 260 g/mol. The van der Waals surface area contributed by atoms with E-state index in [-0.39, 0.29) is 5.41 Å². The Hall–Kier alpha value is -1.84. The summed E-state index contributed by atoms with van der Waals surface area (Å²) >= 11 is 0. The van der Waals surface area contributed by atoms with Crippen LogP contribution >= 0.6 is 0 Å². The molecule has 0 bridgehead atoms. The average molecular weight is 260 g/mol. The molecule has 0 N–H and O–H groups in total. The van der Waals surface area contributed by atoms with Crippen LogP contribution in [0.3, 0.4) is 0 Å². The van der Waals surface area contributed by atoms with Crippen LogP contribution in [0.4, 0.5) is 0 Å². The summed E-state index contributed by atoms with van der Waals surface area (Å²) in [7, 11) is 3.63. The van der Waals surface area contributed by atoms with Crippen LogP contribution in [0.15, 0.2) is 30.5 Å². The van der Waals surface area contributed by atoms with E-state index < -0.39 is 0 Å². The van der Waals surface area contributed by atoms with Crippen LogP contribution in [0.1, 0.15) is 26.5 Å². The van der Waals surface area contributed by atoms with Gasteiger partial charge in [-0.1, -0.05) is 20.8 Å². The van der Waals surface area contributed by atoms with Gasteiger partial charge < -0.3 is 4.74 Å². The average Bonchev–Trinajstić information content (AvgIpc) is 2.68. The molecule has 0 aliphatic rings. The molecule has 0 aliphatic heterocycles. The van der Waals surface area contributed by atoms with Crippen LogP contribution < -0.4 is 9.42 Å². The molecule has 0 unspecified atom stereocenters. The van der Waals surface area contributed by atoms with Crippen molar-refractivity contribution in [3.05, 3.63) is 36.2 Å². The number of aromatic nitrogens is 3. The number of benzene rings is 1. The van der Waals surface area contributed by atoms with Crippen molar-refractivity contribution in [1.82, 2.24) is 9.90 Å². The smallest absolute Gasteiger partial charge is 0.210 e. The Labute approximate surface area is 114 Å². The molecule has 2 rings (SSSR count). The van der Waals surface area contributed by atoms with Gasteiger partial charge in [-0.25, -0.2) is 0 Å². The summed E-state index contributed by atoms with van der Waals surface area (Å²) in [4.78, 5) is 1.86. The van der Waals surface area contributed by atoms with Gasteiger partial charge in [0.2, 0.25) is 6.20 Å². The van der Waals surface area contributed by atoms with Gasteiger partial charge in [0.05, 0.1) is 14.2 Å². The largest absolute Gasteiger partial charge is 0.497 e. The number of hydrogen-bond acceptors (Lipinski definition) is 2. The standard InChI is InChI=1S/C15H22N3O/c1-15(2,3)10-13-11-16-17(4)18(13)12-6-8-14(19-5)9-7-12/h6-9,11H,10H2,1-5H3/q+1. The Morgan fingerprint density at radius 2 is 1.84 bits per heavy atom. The third-order valence-electron chi connectivity index (χ3n) is 2.96. The lowest BCUT2D eigenvalue weighted by Gasteiger charge is -2.15. The van der Waals surface area contributed by atoms with Gasteiger partial charge in [-0.2, -0.15) is 0 Å². The topological polar surface area (TPSA) is 30.9 Å². The van der Waals surface area contributed by atoms with E-state index in [9.17, 15) is 0 Å². The van der Waals surface area contributed by atoms with Gasteiger partial charge in [-0.3, -0.25) is 0 Å². The molecule has 0 fully saturated rings. The Bertz CT molecular complexity index is 550. The van der Waals surface area contributed by atoms with Crippen molar-refractivity contribution in [2.24, 2.45) is 12.5 Å². The molecule has 19 heavy (non-hydrogen) atoms. The zero-order valence-corrected chi connectivity index (χ0v) is 12.3. The Morgan fingerprint density at radius 1 is 1.21 bits per heavy atom. The number of hydrogen-bond donors (Lipinski definition) is 0. The number of aryl methyl sites for hydroxylation is 1. The quantitative estimate of drug-likeness (QED) is 0.793. The van der Waals surface area contributed by atoms with Crippen molar-refractivity contribution in [3.8, 4) is 11.4 Å². The van der Waals surface area contributed by atoms with Crippen molar-refractivity contribution in [2.75, 3.05) is 7.11 Å². The van der Waals surface area contributed by atoms with Crippen LogP contribution in [0.2, 0.25) is 0 Å². The maximum Gasteiger partial charge on any atom is 0.210 e. The Kier molecular flexibility index (Phi) is 3.60. The molecule has 4 nitrogen and oxygen atoms in total. The molecule has 2 aromatic rings. The first-order valence-electron chi connectivity index (χ1n) is 6.48. The van der Waals surface area contributed by atoms with Crippen LogP contribution in [0.5, 0.6) is 5.75 Å². The first-order valence-corrected chi connectivity index (χ1v) is 6.48. The van der Waals surface area contributed by atoms with Gasteiger partial charge in [0, 0.05) is 11.5 Å². The fourth-order valence-electron chi connectivity index (χ4n) is 2.16. The minimum absolute atomic E-state index is 0.233. The zero-order valence-electron chi connectivity index (χ0n) is 12.3. The van der Waals surface area contributed by atoms with Crippen molar-refractivity contribution in [2.45, 2.75) is 27.2 Å². The van der Waals surface area contributed by atoms with Gasteiger partial charge in [0.15, 0.2) is 11.4 Å². The van der Waals surface area contributed by atoms with Crippen molar-refractivity contribution in [3.63, 3.8) is 0 Å².